The summed E-state index contributed by atoms with van der Waals surface area (Å²) in [6.07, 6.45) is 8.37. The Hall–Kier alpha value is -2.05. The lowest BCUT2D eigenvalue weighted by atomic mass is 9.78. The summed E-state index contributed by atoms with van der Waals surface area (Å²) >= 11 is 1.68. The van der Waals surface area contributed by atoms with Crippen LogP contribution in [-0.4, -0.2) is 47.5 Å². The number of rotatable bonds is 5. The highest BCUT2D eigenvalue weighted by atomic mass is 32.2. The van der Waals surface area contributed by atoms with Gasteiger partial charge in [-0.05, 0) is 74.5 Å². The van der Waals surface area contributed by atoms with Gasteiger partial charge < -0.3 is 4.74 Å². The fourth-order valence-corrected chi connectivity index (χ4v) is 4.64. The van der Waals surface area contributed by atoms with Gasteiger partial charge in [0, 0.05) is 28.9 Å². The van der Waals surface area contributed by atoms with Gasteiger partial charge in [-0.1, -0.05) is 6.07 Å². The molecule has 3 saturated heterocycles. The van der Waals surface area contributed by atoms with Crippen LogP contribution < -0.4 is 5.32 Å². The topological polar surface area (TPSA) is 54.5 Å². The van der Waals surface area contributed by atoms with Gasteiger partial charge in [0.1, 0.15) is 6.10 Å². The summed E-state index contributed by atoms with van der Waals surface area (Å²) in [4.78, 5) is 20.4. The van der Waals surface area contributed by atoms with Crippen molar-refractivity contribution in [3.05, 3.63) is 54.4 Å². The highest BCUT2D eigenvalue weighted by Gasteiger charge is 2.44. The van der Waals surface area contributed by atoms with Crippen LogP contribution in [0.4, 0.5) is 10.5 Å². The Morgan fingerprint density at radius 2 is 2.04 bits per heavy atom. The number of anilines is 1. The second kappa shape index (κ2) is 8.31. The minimum atomic E-state index is -0.359. The van der Waals surface area contributed by atoms with Crippen LogP contribution in [0.1, 0.15) is 18.4 Å². The second-order valence-electron chi connectivity index (χ2n) is 7.23. The molecule has 5 nitrogen and oxygen atoms in total. The van der Waals surface area contributed by atoms with E-state index in [4.69, 9.17) is 4.74 Å². The summed E-state index contributed by atoms with van der Waals surface area (Å²) in [7, 11) is 0. The number of aromatic nitrogens is 1. The van der Waals surface area contributed by atoms with Crippen LogP contribution in [0.2, 0.25) is 0 Å². The van der Waals surface area contributed by atoms with E-state index < -0.39 is 0 Å². The minimum Gasteiger partial charge on any atom is -0.444 e. The molecule has 0 unspecified atom stereocenters. The third kappa shape index (κ3) is 4.28. The molecule has 1 N–H and O–H groups in total. The number of benzene rings is 1. The molecule has 142 valence electrons. The molecule has 3 fully saturated rings. The summed E-state index contributed by atoms with van der Waals surface area (Å²) in [5.41, 5.74) is 1.96. The SMILES string of the molecule is CSc1ccc(NC(=O)O[C@H]2C3CCN(CC3)[C@@H]2Cc2cccnc2)cc1. The van der Waals surface area contributed by atoms with Crippen molar-refractivity contribution in [1.82, 2.24) is 9.88 Å². The number of amides is 1. The van der Waals surface area contributed by atoms with Crippen molar-refractivity contribution < 1.29 is 9.53 Å². The average Bonchev–Trinajstić information content (AvgIpc) is 2.72. The zero-order valence-corrected chi connectivity index (χ0v) is 16.3. The summed E-state index contributed by atoms with van der Waals surface area (Å²) in [6.45, 7) is 2.18. The Labute approximate surface area is 164 Å². The molecule has 3 aliphatic heterocycles. The molecule has 6 heteroatoms. The molecule has 5 rings (SSSR count). The van der Waals surface area contributed by atoms with Crippen molar-refractivity contribution in [2.24, 2.45) is 5.92 Å². The number of pyridine rings is 1. The first-order chi connectivity index (χ1) is 13.2. The lowest BCUT2D eigenvalue weighted by Gasteiger charge is -2.50. The number of nitrogens with one attached hydrogen (secondary N) is 1. The summed E-state index contributed by atoms with van der Waals surface area (Å²) < 4.78 is 5.95. The molecule has 0 spiro atoms. The maximum absolute atomic E-state index is 12.5. The Bertz CT molecular complexity index is 761. The lowest BCUT2D eigenvalue weighted by Crippen LogP contribution is -2.60. The van der Waals surface area contributed by atoms with E-state index in [1.165, 1.54) is 10.5 Å². The smallest absolute Gasteiger partial charge is 0.411 e. The van der Waals surface area contributed by atoms with E-state index in [1.807, 2.05) is 42.8 Å². The van der Waals surface area contributed by atoms with Crippen LogP contribution in [0.5, 0.6) is 0 Å². The van der Waals surface area contributed by atoms with E-state index in [1.54, 1.807) is 18.0 Å². The van der Waals surface area contributed by atoms with Gasteiger partial charge in [-0.2, -0.15) is 0 Å². The van der Waals surface area contributed by atoms with Crippen molar-refractivity contribution in [3.63, 3.8) is 0 Å². The maximum atomic E-state index is 12.5. The largest absolute Gasteiger partial charge is 0.444 e. The molecule has 1 amide bonds. The predicted molar refractivity (Wildman–Crippen MR) is 108 cm³/mol. The highest BCUT2D eigenvalue weighted by Crippen LogP contribution is 2.36. The van der Waals surface area contributed by atoms with Gasteiger partial charge in [-0.25, -0.2) is 4.79 Å². The van der Waals surface area contributed by atoms with Gasteiger partial charge in [-0.3, -0.25) is 15.2 Å². The number of carbonyl (C=O) groups is 1. The molecule has 0 saturated carbocycles. The first kappa shape index (κ1) is 18.3. The van der Waals surface area contributed by atoms with E-state index in [2.05, 4.69) is 21.3 Å². The Morgan fingerprint density at radius 3 is 2.70 bits per heavy atom. The molecular weight excluding hydrogens is 358 g/mol. The van der Waals surface area contributed by atoms with Crippen LogP contribution in [0.25, 0.3) is 0 Å². The van der Waals surface area contributed by atoms with Gasteiger partial charge >= 0.3 is 6.09 Å². The number of ether oxygens (including phenoxy) is 1. The molecule has 0 aliphatic carbocycles. The van der Waals surface area contributed by atoms with Gasteiger partial charge in [0.2, 0.25) is 0 Å². The number of fused-ring (bicyclic) bond motifs is 3. The predicted octanol–water partition coefficient (Wildman–Crippen LogP) is 4.06. The van der Waals surface area contributed by atoms with E-state index in [9.17, 15) is 4.79 Å². The molecule has 0 radical (unpaired) electrons. The molecule has 2 bridgehead atoms. The normalized spacial score (nSPS) is 26.6. The van der Waals surface area contributed by atoms with Crippen molar-refractivity contribution >= 4 is 23.5 Å². The first-order valence-electron chi connectivity index (χ1n) is 9.47. The van der Waals surface area contributed by atoms with Crippen LogP contribution in [-0.2, 0) is 11.2 Å². The van der Waals surface area contributed by atoms with Gasteiger partial charge in [0.05, 0.1) is 6.04 Å². The fourth-order valence-electron chi connectivity index (χ4n) is 4.23. The van der Waals surface area contributed by atoms with Crippen LogP contribution in [0.15, 0.2) is 53.7 Å². The molecule has 3 aliphatic rings. The van der Waals surface area contributed by atoms with Gasteiger partial charge in [-0.15, -0.1) is 11.8 Å². The number of carbonyl (C=O) groups excluding carboxylic acids is 1. The van der Waals surface area contributed by atoms with Crippen LogP contribution in [0.3, 0.4) is 0 Å². The lowest BCUT2D eigenvalue weighted by molar-refractivity contribution is -0.0741. The van der Waals surface area contributed by atoms with Crippen LogP contribution in [0, 0.1) is 5.92 Å². The summed E-state index contributed by atoms with van der Waals surface area (Å²) in [5, 5.41) is 2.88. The van der Waals surface area contributed by atoms with Crippen LogP contribution >= 0.6 is 11.8 Å². The summed E-state index contributed by atoms with van der Waals surface area (Å²) in [6, 6.07) is 12.1. The van der Waals surface area contributed by atoms with Gasteiger partial charge in [0.25, 0.3) is 0 Å². The number of nitrogens with zero attached hydrogens (tertiary/aromatic N) is 2. The third-order valence-corrected chi connectivity index (χ3v) is 6.38. The van der Waals surface area contributed by atoms with Crippen molar-refractivity contribution in [2.75, 3.05) is 24.7 Å². The van der Waals surface area contributed by atoms with E-state index in [-0.39, 0.29) is 18.2 Å². The van der Waals surface area contributed by atoms with Crippen molar-refractivity contribution in [2.45, 2.75) is 36.3 Å². The Kier molecular flexibility index (Phi) is 5.64. The molecule has 27 heavy (non-hydrogen) atoms. The van der Waals surface area contributed by atoms with Crippen molar-refractivity contribution in [3.8, 4) is 0 Å². The Balaban J connectivity index is 1.43. The van der Waals surface area contributed by atoms with E-state index >= 15 is 0 Å². The fraction of sp³-hybridized carbons (Fsp3) is 0.429. The van der Waals surface area contributed by atoms with Gasteiger partial charge in [0.15, 0.2) is 0 Å². The number of hydrogen-bond acceptors (Lipinski definition) is 5. The number of thioether (sulfide) groups is 1. The molecule has 1 aromatic carbocycles. The molecule has 2 aromatic rings. The van der Waals surface area contributed by atoms with E-state index in [0.717, 1.165) is 38.0 Å². The molecule has 1 aromatic heterocycles. The second-order valence-corrected chi connectivity index (χ2v) is 8.11. The molecule has 2 atom stereocenters. The zero-order chi connectivity index (χ0) is 18.6. The van der Waals surface area contributed by atoms with Crippen molar-refractivity contribution in [1.29, 1.82) is 0 Å². The maximum Gasteiger partial charge on any atom is 0.411 e. The summed E-state index contributed by atoms with van der Waals surface area (Å²) in [5.74, 6) is 0.446. The molecule has 4 heterocycles. The zero-order valence-electron chi connectivity index (χ0n) is 15.5. The average molecular weight is 384 g/mol. The first-order valence-corrected chi connectivity index (χ1v) is 10.7. The minimum absolute atomic E-state index is 0.0711. The number of piperidine rings is 3. The number of hydrogen-bond donors (Lipinski definition) is 1. The monoisotopic (exact) mass is 383 g/mol. The standard InChI is InChI=1S/C21H25N3O2S/c1-27-18-6-4-17(5-7-18)23-21(25)26-20-16-8-11-24(12-9-16)19(20)13-15-3-2-10-22-14-15/h2-7,10,14,16,19-20H,8-9,11-13H2,1H3,(H,23,25)/t19-,20+/m1/s1. The van der Waals surface area contributed by atoms with E-state index in [0.29, 0.717) is 5.92 Å². The molecular formula is C21H25N3O2S. The highest BCUT2D eigenvalue weighted by molar-refractivity contribution is 7.98. The third-order valence-electron chi connectivity index (χ3n) is 5.63. The Morgan fingerprint density at radius 1 is 1.26 bits per heavy atom. The quantitative estimate of drug-likeness (QED) is 0.789.